The molecule has 1 unspecified atom stereocenters. The normalized spacial score (nSPS) is 17.1. The molecule has 0 radical (unpaired) electrons. The largest absolute Gasteiger partial charge is 0.480 e. The molecule has 1 aliphatic rings. The molecule has 0 saturated carbocycles. The van der Waals surface area contributed by atoms with Gasteiger partial charge in [-0.25, -0.2) is 0 Å². The molecule has 3 aromatic rings. The van der Waals surface area contributed by atoms with E-state index in [0.29, 0.717) is 0 Å². The Morgan fingerprint density at radius 1 is 1.14 bits per heavy atom. The van der Waals surface area contributed by atoms with Crippen molar-refractivity contribution in [3.8, 4) is 0 Å². The zero-order valence-corrected chi connectivity index (χ0v) is 16.7. The number of hydrogen-bond acceptors (Lipinski definition) is 3. The molecule has 1 saturated heterocycles. The molecule has 0 bridgehead atoms. The number of carbonyl (C=O) groups is 1. The summed E-state index contributed by atoms with van der Waals surface area (Å²) < 4.78 is 0. The van der Waals surface area contributed by atoms with Gasteiger partial charge in [-0.05, 0) is 24.6 Å². The standard InChI is InChI=1S/C24H27N3O2/c1-18-9-10-22-20(16-18)21(17-25-22)23(24(28)29)27-14-12-26(13-15-27)11-5-8-19-6-3-2-4-7-19/h2-10,16-17,23,25H,11-15H2,1H3,(H,28,29)/b8-5+. The molecule has 1 aromatic heterocycles. The number of benzene rings is 2. The maximum absolute atomic E-state index is 12.2. The summed E-state index contributed by atoms with van der Waals surface area (Å²) in [6.45, 7) is 6.14. The predicted molar refractivity (Wildman–Crippen MR) is 117 cm³/mol. The molecule has 0 amide bonds. The minimum atomic E-state index is -0.787. The number of aromatic amines is 1. The molecule has 2 aromatic carbocycles. The van der Waals surface area contributed by atoms with Crippen molar-refractivity contribution in [3.63, 3.8) is 0 Å². The Balaban J connectivity index is 1.42. The number of aromatic nitrogens is 1. The third kappa shape index (κ3) is 4.42. The zero-order chi connectivity index (χ0) is 20.2. The van der Waals surface area contributed by atoms with E-state index < -0.39 is 12.0 Å². The Morgan fingerprint density at radius 3 is 2.62 bits per heavy atom. The van der Waals surface area contributed by atoms with E-state index in [-0.39, 0.29) is 0 Å². The van der Waals surface area contributed by atoms with Crippen molar-refractivity contribution >= 4 is 22.9 Å². The summed E-state index contributed by atoms with van der Waals surface area (Å²) >= 11 is 0. The minimum Gasteiger partial charge on any atom is -0.480 e. The highest BCUT2D eigenvalue weighted by Gasteiger charge is 2.31. The number of carboxylic acids is 1. The molecule has 29 heavy (non-hydrogen) atoms. The molecule has 1 aliphatic heterocycles. The van der Waals surface area contributed by atoms with Gasteiger partial charge in [-0.15, -0.1) is 0 Å². The number of carboxylic acid groups (broad SMARTS) is 1. The van der Waals surface area contributed by atoms with Crippen molar-refractivity contribution in [1.29, 1.82) is 0 Å². The van der Waals surface area contributed by atoms with Gasteiger partial charge in [0.15, 0.2) is 0 Å². The number of nitrogens with one attached hydrogen (secondary N) is 1. The average molecular weight is 389 g/mol. The molecule has 2 N–H and O–H groups in total. The summed E-state index contributed by atoms with van der Waals surface area (Å²) in [5, 5.41) is 11.0. The topological polar surface area (TPSA) is 59.6 Å². The first-order valence-corrected chi connectivity index (χ1v) is 10.1. The lowest BCUT2D eigenvalue weighted by atomic mass is 10.0. The molecule has 2 heterocycles. The van der Waals surface area contributed by atoms with Crippen LogP contribution in [-0.2, 0) is 4.79 Å². The SMILES string of the molecule is Cc1ccc2[nH]cc(C(C(=O)O)N3CCN(C/C=C/c4ccccc4)CC3)c2c1. The smallest absolute Gasteiger partial charge is 0.325 e. The molecule has 4 rings (SSSR count). The maximum Gasteiger partial charge on any atom is 0.325 e. The monoisotopic (exact) mass is 389 g/mol. The Labute approximate surface area is 171 Å². The van der Waals surface area contributed by atoms with E-state index in [4.69, 9.17) is 0 Å². The lowest BCUT2D eigenvalue weighted by Crippen LogP contribution is -2.49. The van der Waals surface area contributed by atoms with Crippen LogP contribution in [0.4, 0.5) is 0 Å². The van der Waals surface area contributed by atoms with Gasteiger partial charge in [0.05, 0.1) is 0 Å². The fourth-order valence-electron chi connectivity index (χ4n) is 4.07. The third-order valence-corrected chi connectivity index (χ3v) is 5.64. The number of fused-ring (bicyclic) bond motifs is 1. The molecule has 0 spiro atoms. The van der Waals surface area contributed by atoms with Crippen LogP contribution in [0.25, 0.3) is 17.0 Å². The van der Waals surface area contributed by atoms with Crippen molar-refractivity contribution in [2.24, 2.45) is 0 Å². The number of hydrogen-bond donors (Lipinski definition) is 2. The molecule has 5 heteroatoms. The molecular formula is C24H27N3O2. The van der Waals surface area contributed by atoms with Crippen molar-refractivity contribution in [2.75, 3.05) is 32.7 Å². The van der Waals surface area contributed by atoms with Gasteiger partial charge in [0.1, 0.15) is 6.04 Å². The summed E-state index contributed by atoms with van der Waals surface area (Å²) in [6, 6.07) is 15.8. The van der Waals surface area contributed by atoms with Crippen LogP contribution in [0.3, 0.4) is 0 Å². The van der Waals surface area contributed by atoms with E-state index in [9.17, 15) is 9.90 Å². The number of aliphatic carboxylic acids is 1. The summed E-state index contributed by atoms with van der Waals surface area (Å²) in [7, 11) is 0. The maximum atomic E-state index is 12.2. The third-order valence-electron chi connectivity index (χ3n) is 5.64. The van der Waals surface area contributed by atoms with Crippen LogP contribution in [0.1, 0.15) is 22.7 Å². The second kappa shape index (κ2) is 8.64. The van der Waals surface area contributed by atoms with Crippen molar-refractivity contribution in [3.05, 3.63) is 77.5 Å². The highest BCUT2D eigenvalue weighted by Crippen LogP contribution is 2.30. The van der Waals surface area contributed by atoms with Crippen LogP contribution in [0.2, 0.25) is 0 Å². The quantitative estimate of drug-likeness (QED) is 0.671. The predicted octanol–water partition coefficient (Wildman–Crippen LogP) is 3.93. The Morgan fingerprint density at radius 2 is 1.90 bits per heavy atom. The molecule has 150 valence electrons. The van der Waals surface area contributed by atoms with Crippen LogP contribution in [-0.4, -0.2) is 58.6 Å². The van der Waals surface area contributed by atoms with Gasteiger partial charge < -0.3 is 10.1 Å². The highest BCUT2D eigenvalue weighted by atomic mass is 16.4. The summed E-state index contributed by atoms with van der Waals surface area (Å²) in [6.07, 6.45) is 6.18. The van der Waals surface area contributed by atoms with Crippen LogP contribution in [0, 0.1) is 6.92 Å². The van der Waals surface area contributed by atoms with Crippen molar-refractivity contribution in [1.82, 2.24) is 14.8 Å². The number of piperazine rings is 1. The second-order valence-electron chi connectivity index (χ2n) is 7.68. The Kier molecular flexibility index (Phi) is 5.79. The molecule has 5 nitrogen and oxygen atoms in total. The van der Waals surface area contributed by atoms with Gasteiger partial charge in [-0.2, -0.15) is 0 Å². The first-order valence-electron chi connectivity index (χ1n) is 10.1. The van der Waals surface area contributed by atoms with E-state index in [1.54, 1.807) is 0 Å². The molecule has 1 fully saturated rings. The number of rotatable bonds is 6. The fourth-order valence-corrected chi connectivity index (χ4v) is 4.07. The van der Waals surface area contributed by atoms with Gasteiger partial charge >= 0.3 is 5.97 Å². The van der Waals surface area contributed by atoms with Crippen LogP contribution in [0.5, 0.6) is 0 Å². The van der Waals surface area contributed by atoms with E-state index >= 15 is 0 Å². The van der Waals surface area contributed by atoms with Gasteiger partial charge in [-0.1, -0.05) is 54.1 Å². The molecule has 1 atom stereocenters. The lowest BCUT2D eigenvalue weighted by molar-refractivity contribution is -0.144. The van der Waals surface area contributed by atoms with Gasteiger partial charge in [-0.3, -0.25) is 14.6 Å². The van der Waals surface area contributed by atoms with E-state index in [0.717, 1.165) is 54.8 Å². The lowest BCUT2D eigenvalue weighted by Gasteiger charge is -2.37. The van der Waals surface area contributed by atoms with Gasteiger partial charge in [0, 0.05) is 55.4 Å². The first kappa shape index (κ1) is 19.4. The molecule has 0 aliphatic carbocycles. The van der Waals surface area contributed by atoms with Crippen LogP contribution < -0.4 is 0 Å². The number of aryl methyl sites for hydroxylation is 1. The fraction of sp³-hybridized carbons (Fsp3) is 0.292. The summed E-state index contributed by atoms with van der Waals surface area (Å²) in [5.41, 5.74) is 4.18. The number of H-pyrrole nitrogens is 1. The van der Waals surface area contributed by atoms with Crippen molar-refractivity contribution in [2.45, 2.75) is 13.0 Å². The van der Waals surface area contributed by atoms with Crippen molar-refractivity contribution < 1.29 is 9.90 Å². The summed E-state index contributed by atoms with van der Waals surface area (Å²) in [4.78, 5) is 19.8. The minimum absolute atomic E-state index is 0.618. The highest BCUT2D eigenvalue weighted by molar-refractivity contribution is 5.89. The van der Waals surface area contributed by atoms with Crippen LogP contribution >= 0.6 is 0 Å². The van der Waals surface area contributed by atoms with E-state index in [2.05, 4.69) is 45.1 Å². The molecular weight excluding hydrogens is 362 g/mol. The second-order valence-corrected chi connectivity index (χ2v) is 7.68. The van der Waals surface area contributed by atoms with Gasteiger partial charge in [0.2, 0.25) is 0 Å². The van der Waals surface area contributed by atoms with E-state index in [1.165, 1.54) is 5.56 Å². The first-order chi connectivity index (χ1) is 14.1. The zero-order valence-electron chi connectivity index (χ0n) is 16.7. The van der Waals surface area contributed by atoms with E-state index in [1.807, 2.05) is 43.5 Å². The van der Waals surface area contributed by atoms with Crippen LogP contribution in [0.15, 0.2) is 60.8 Å². The Hall–Kier alpha value is -2.89. The number of nitrogens with zero attached hydrogens (tertiary/aromatic N) is 2. The van der Waals surface area contributed by atoms with Gasteiger partial charge in [0.25, 0.3) is 0 Å². The Bertz CT molecular complexity index is 1000. The average Bonchev–Trinajstić information content (AvgIpc) is 3.13. The summed E-state index contributed by atoms with van der Waals surface area (Å²) in [5.74, 6) is -0.787.